The monoisotopic (exact) mass is 357 g/mol. The van der Waals surface area contributed by atoms with Crippen LogP contribution in [0.4, 0.5) is 5.82 Å². The molecule has 2 N–H and O–H groups in total. The molecule has 6 nitrogen and oxygen atoms in total. The third-order valence-electron chi connectivity index (χ3n) is 5.08. The summed E-state index contributed by atoms with van der Waals surface area (Å²) in [5, 5.41) is 7.02. The highest BCUT2D eigenvalue weighted by Crippen LogP contribution is 2.18. The molecule has 3 rings (SSSR count). The van der Waals surface area contributed by atoms with Gasteiger partial charge in [-0.25, -0.2) is 4.98 Å². The highest BCUT2D eigenvalue weighted by atomic mass is 16.5. The molecule has 1 aromatic heterocycles. The molecule has 0 amide bonds. The lowest BCUT2D eigenvalue weighted by molar-refractivity contribution is 0.153. The lowest BCUT2D eigenvalue weighted by atomic mass is 10.1. The van der Waals surface area contributed by atoms with Gasteiger partial charge in [0.1, 0.15) is 5.82 Å². The van der Waals surface area contributed by atoms with Crippen molar-refractivity contribution in [1.82, 2.24) is 15.6 Å². The van der Waals surface area contributed by atoms with Gasteiger partial charge in [0.2, 0.25) is 0 Å². The second kappa shape index (κ2) is 9.57. The van der Waals surface area contributed by atoms with Crippen molar-refractivity contribution >= 4 is 11.8 Å². The van der Waals surface area contributed by atoms with Crippen LogP contribution in [-0.4, -0.2) is 56.9 Å². The van der Waals surface area contributed by atoms with Crippen molar-refractivity contribution in [1.29, 1.82) is 0 Å². The summed E-state index contributed by atoms with van der Waals surface area (Å²) in [7, 11) is 1.84. The third kappa shape index (κ3) is 5.46. The molecule has 0 aromatic carbocycles. The Hall–Kier alpha value is -2.08. The first-order chi connectivity index (χ1) is 12.7. The number of pyridine rings is 1. The van der Waals surface area contributed by atoms with E-state index in [2.05, 4.69) is 50.6 Å². The molecular weight excluding hydrogens is 326 g/mol. The molecule has 2 aliphatic rings. The summed E-state index contributed by atoms with van der Waals surface area (Å²) in [6.45, 7) is 6.65. The Morgan fingerprint density at radius 3 is 2.85 bits per heavy atom. The van der Waals surface area contributed by atoms with E-state index in [1.807, 2.05) is 13.2 Å². The highest BCUT2D eigenvalue weighted by Gasteiger charge is 2.20. The number of nitrogens with one attached hydrogen (secondary N) is 2. The molecule has 142 valence electrons. The maximum Gasteiger partial charge on any atom is 0.191 e. The number of hydrogen-bond acceptors (Lipinski definition) is 4. The molecule has 0 radical (unpaired) electrons. The standard InChI is InChI=1S/C20H31N5O/c1-16-3-4-19(23-15-16)25-11-6-18(7-12-25)24-20(21-2)22-10-5-17-8-13-26-14-9-17/h3-4,8,15,18H,5-7,9-14H2,1-2H3,(H2,21,22,24). The molecule has 0 unspecified atom stereocenters. The molecule has 6 heteroatoms. The fourth-order valence-corrected chi connectivity index (χ4v) is 3.42. The first kappa shape index (κ1) is 18.7. The van der Waals surface area contributed by atoms with Crippen molar-refractivity contribution in [2.45, 2.75) is 38.6 Å². The van der Waals surface area contributed by atoms with Crippen molar-refractivity contribution in [3.63, 3.8) is 0 Å². The normalized spacial score (nSPS) is 19.2. The predicted octanol–water partition coefficient (Wildman–Crippen LogP) is 2.26. The molecule has 0 saturated carbocycles. The topological polar surface area (TPSA) is 61.8 Å². The summed E-state index contributed by atoms with van der Waals surface area (Å²) in [6, 6.07) is 4.71. The van der Waals surface area contributed by atoms with Gasteiger partial charge < -0.3 is 20.3 Å². The second-order valence-electron chi connectivity index (χ2n) is 7.04. The fourth-order valence-electron chi connectivity index (χ4n) is 3.42. The van der Waals surface area contributed by atoms with E-state index in [-0.39, 0.29) is 0 Å². The SMILES string of the molecule is CN=C(NCCC1=CCOCC1)NC1CCN(c2ccc(C)cn2)CC1. The number of anilines is 1. The number of piperidine rings is 1. The van der Waals surface area contributed by atoms with Crippen molar-refractivity contribution in [2.75, 3.05) is 44.8 Å². The smallest absolute Gasteiger partial charge is 0.191 e. The Morgan fingerprint density at radius 1 is 1.35 bits per heavy atom. The van der Waals surface area contributed by atoms with Gasteiger partial charge in [0.25, 0.3) is 0 Å². The van der Waals surface area contributed by atoms with Gasteiger partial charge in [0.15, 0.2) is 5.96 Å². The Morgan fingerprint density at radius 2 is 2.19 bits per heavy atom. The second-order valence-corrected chi connectivity index (χ2v) is 7.04. The number of aliphatic imine (C=N–C) groups is 1. The summed E-state index contributed by atoms with van der Waals surface area (Å²) in [5.41, 5.74) is 2.69. The number of aromatic nitrogens is 1. The zero-order valence-corrected chi connectivity index (χ0v) is 16.0. The van der Waals surface area contributed by atoms with Gasteiger partial charge >= 0.3 is 0 Å². The Bertz CT molecular complexity index is 618. The zero-order valence-electron chi connectivity index (χ0n) is 16.0. The first-order valence-corrected chi connectivity index (χ1v) is 9.65. The minimum atomic E-state index is 0.463. The molecule has 3 heterocycles. The molecule has 0 spiro atoms. The average molecular weight is 358 g/mol. The van der Waals surface area contributed by atoms with Gasteiger partial charge in [-0.3, -0.25) is 4.99 Å². The summed E-state index contributed by atoms with van der Waals surface area (Å²) < 4.78 is 5.35. The molecule has 0 atom stereocenters. The maximum atomic E-state index is 5.35. The van der Waals surface area contributed by atoms with Crippen LogP contribution in [0.25, 0.3) is 0 Å². The third-order valence-corrected chi connectivity index (χ3v) is 5.08. The molecule has 1 aromatic rings. The molecule has 0 bridgehead atoms. The Kier molecular flexibility index (Phi) is 6.89. The van der Waals surface area contributed by atoms with Crippen LogP contribution in [0, 0.1) is 6.92 Å². The van der Waals surface area contributed by atoms with E-state index in [9.17, 15) is 0 Å². The van der Waals surface area contributed by atoms with Crippen LogP contribution >= 0.6 is 0 Å². The number of ether oxygens (including phenoxy) is 1. The first-order valence-electron chi connectivity index (χ1n) is 9.65. The number of nitrogens with zero attached hydrogens (tertiary/aromatic N) is 3. The van der Waals surface area contributed by atoms with E-state index >= 15 is 0 Å². The minimum absolute atomic E-state index is 0.463. The molecule has 26 heavy (non-hydrogen) atoms. The number of rotatable bonds is 5. The van der Waals surface area contributed by atoms with E-state index in [0.29, 0.717) is 6.04 Å². The van der Waals surface area contributed by atoms with Gasteiger partial charge in [-0.05, 0) is 44.2 Å². The molecule has 1 saturated heterocycles. The quantitative estimate of drug-likeness (QED) is 0.481. The number of aryl methyl sites for hydroxylation is 1. The summed E-state index contributed by atoms with van der Waals surface area (Å²) >= 11 is 0. The van der Waals surface area contributed by atoms with E-state index in [1.54, 1.807) is 0 Å². The van der Waals surface area contributed by atoms with Crippen LogP contribution in [-0.2, 0) is 4.74 Å². The van der Waals surface area contributed by atoms with Gasteiger partial charge in [0.05, 0.1) is 13.2 Å². The molecule has 1 fully saturated rings. The minimum Gasteiger partial charge on any atom is -0.377 e. The zero-order chi connectivity index (χ0) is 18.2. The summed E-state index contributed by atoms with van der Waals surface area (Å²) in [4.78, 5) is 11.3. The van der Waals surface area contributed by atoms with Crippen LogP contribution in [0.15, 0.2) is 35.0 Å². The number of guanidine groups is 1. The molecule has 2 aliphatic heterocycles. The molecular formula is C20H31N5O. The average Bonchev–Trinajstić information content (AvgIpc) is 2.69. The molecule has 0 aliphatic carbocycles. The van der Waals surface area contributed by atoms with Gasteiger partial charge in [-0.15, -0.1) is 0 Å². The van der Waals surface area contributed by atoms with E-state index in [1.165, 1.54) is 11.1 Å². The van der Waals surface area contributed by atoms with Crippen LogP contribution < -0.4 is 15.5 Å². The predicted molar refractivity (Wildman–Crippen MR) is 107 cm³/mol. The van der Waals surface area contributed by atoms with Crippen LogP contribution in [0.1, 0.15) is 31.2 Å². The summed E-state index contributed by atoms with van der Waals surface area (Å²) in [5.74, 6) is 1.99. The maximum absolute atomic E-state index is 5.35. The van der Waals surface area contributed by atoms with Crippen molar-refractivity contribution < 1.29 is 4.74 Å². The summed E-state index contributed by atoms with van der Waals surface area (Å²) in [6.07, 6.45) is 8.45. The van der Waals surface area contributed by atoms with Gasteiger partial charge in [-0.1, -0.05) is 17.7 Å². The van der Waals surface area contributed by atoms with Gasteiger partial charge in [-0.2, -0.15) is 0 Å². The van der Waals surface area contributed by atoms with Crippen molar-refractivity contribution in [3.05, 3.63) is 35.5 Å². The lowest BCUT2D eigenvalue weighted by Crippen LogP contribution is -2.49. The lowest BCUT2D eigenvalue weighted by Gasteiger charge is -2.33. The van der Waals surface area contributed by atoms with E-state index in [0.717, 1.165) is 70.3 Å². The van der Waals surface area contributed by atoms with Gasteiger partial charge in [0, 0.05) is 38.9 Å². The fraction of sp³-hybridized carbons (Fsp3) is 0.600. The van der Waals surface area contributed by atoms with Crippen molar-refractivity contribution in [2.24, 2.45) is 4.99 Å². The van der Waals surface area contributed by atoms with E-state index in [4.69, 9.17) is 4.74 Å². The highest BCUT2D eigenvalue weighted by molar-refractivity contribution is 5.80. The van der Waals surface area contributed by atoms with Crippen LogP contribution in [0.5, 0.6) is 0 Å². The van der Waals surface area contributed by atoms with E-state index < -0.39 is 0 Å². The Labute approximate surface area is 156 Å². The number of hydrogen-bond donors (Lipinski definition) is 2. The van der Waals surface area contributed by atoms with Crippen LogP contribution in [0.3, 0.4) is 0 Å². The van der Waals surface area contributed by atoms with Crippen molar-refractivity contribution in [3.8, 4) is 0 Å². The largest absolute Gasteiger partial charge is 0.377 e. The van der Waals surface area contributed by atoms with Crippen LogP contribution in [0.2, 0.25) is 0 Å². The Balaban J connectivity index is 1.39.